The number of hydrogen-bond donors (Lipinski definition) is 3. The minimum absolute atomic E-state index is 0.152. The van der Waals surface area contributed by atoms with E-state index in [1.54, 1.807) is 38.1 Å². The Labute approximate surface area is 333 Å². The molecule has 0 saturated carbocycles. The van der Waals surface area contributed by atoms with Gasteiger partial charge in [-0.1, -0.05) is 114 Å². The Bertz CT molecular complexity index is 2160. The average molecular weight is 835 g/mol. The van der Waals surface area contributed by atoms with E-state index in [-0.39, 0.29) is 49.5 Å². The van der Waals surface area contributed by atoms with Crippen LogP contribution in [0.2, 0.25) is 10.0 Å². The Balaban J connectivity index is 0.000000179. The number of ether oxygens (including phenoxy) is 2. The second kappa shape index (κ2) is 16.5. The third-order valence-electron chi connectivity index (χ3n) is 9.33. The zero-order valence-corrected chi connectivity index (χ0v) is 31.9. The molecule has 0 heterocycles. The lowest BCUT2D eigenvalue weighted by Crippen LogP contribution is -2.45. The van der Waals surface area contributed by atoms with Crippen molar-refractivity contribution >= 4 is 35.1 Å². The lowest BCUT2D eigenvalue weighted by Gasteiger charge is -2.33. The highest BCUT2D eigenvalue weighted by Crippen LogP contribution is 2.60. The molecule has 0 radical (unpaired) electrons. The molecule has 15 heteroatoms. The van der Waals surface area contributed by atoms with Crippen molar-refractivity contribution in [1.82, 2.24) is 0 Å². The van der Waals surface area contributed by atoms with Gasteiger partial charge in [0.25, 0.3) is 0 Å². The lowest BCUT2D eigenvalue weighted by atomic mass is 9.89. The molecule has 0 bridgehead atoms. The van der Waals surface area contributed by atoms with E-state index >= 15 is 0 Å². The SMILES string of the molecule is C[C@@H](N)c1ccccc1.Cc1cc(Cl)c2c(c1)C(OCC(=O)O)(C(F)(F)F)c1ccccc1-2.Cc1cc(Cl)c2c(c1)C(OCC(=O)O)(C(F)(F)F)c1ccccc1-2. The van der Waals surface area contributed by atoms with E-state index in [9.17, 15) is 35.9 Å². The van der Waals surface area contributed by atoms with Crippen LogP contribution < -0.4 is 5.73 Å². The van der Waals surface area contributed by atoms with Crippen LogP contribution in [0.3, 0.4) is 0 Å². The molecule has 0 fully saturated rings. The first-order valence-corrected chi connectivity index (χ1v) is 17.9. The van der Waals surface area contributed by atoms with Crippen LogP contribution in [-0.2, 0) is 30.3 Å². The van der Waals surface area contributed by atoms with Gasteiger partial charge in [-0.2, -0.15) is 26.3 Å². The van der Waals surface area contributed by atoms with E-state index in [4.69, 9.17) is 48.6 Å². The number of nitrogens with two attached hydrogens (primary N) is 1. The van der Waals surface area contributed by atoms with Gasteiger partial charge in [-0.15, -0.1) is 0 Å². The maximum atomic E-state index is 14.1. The number of carboxylic acids is 2. The predicted octanol–water partition coefficient (Wildman–Crippen LogP) is 10.8. The van der Waals surface area contributed by atoms with Crippen molar-refractivity contribution < 1.29 is 55.6 Å². The van der Waals surface area contributed by atoms with Gasteiger partial charge in [-0.25, -0.2) is 9.59 Å². The second-order valence-corrected chi connectivity index (χ2v) is 14.2. The van der Waals surface area contributed by atoms with Gasteiger partial charge in [0.2, 0.25) is 11.2 Å². The van der Waals surface area contributed by atoms with Crippen molar-refractivity contribution in [2.45, 2.75) is 50.4 Å². The highest BCUT2D eigenvalue weighted by molar-refractivity contribution is 6.34. The molecule has 5 aromatic rings. The van der Waals surface area contributed by atoms with Gasteiger partial charge in [0.15, 0.2) is 0 Å². The molecule has 57 heavy (non-hydrogen) atoms. The minimum atomic E-state index is -4.86. The summed E-state index contributed by atoms with van der Waals surface area (Å²) in [5.41, 5.74) is 2.52. The van der Waals surface area contributed by atoms with Gasteiger partial charge in [0, 0.05) is 49.5 Å². The summed E-state index contributed by atoms with van der Waals surface area (Å²) < 4.78 is 94.7. The topological polar surface area (TPSA) is 119 Å². The number of benzene rings is 5. The first-order chi connectivity index (χ1) is 26.7. The molecule has 3 atom stereocenters. The molecule has 5 aromatic carbocycles. The molecule has 2 aliphatic rings. The smallest absolute Gasteiger partial charge is 0.426 e. The van der Waals surface area contributed by atoms with Crippen molar-refractivity contribution in [1.29, 1.82) is 0 Å². The van der Waals surface area contributed by atoms with Gasteiger partial charge < -0.3 is 25.4 Å². The Hall–Kier alpha value is -4.92. The maximum Gasteiger partial charge on any atom is 0.426 e. The first-order valence-electron chi connectivity index (χ1n) is 17.1. The summed E-state index contributed by atoms with van der Waals surface area (Å²) in [6.45, 7) is 3.05. The summed E-state index contributed by atoms with van der Waals surface area (Å²) in [6.07, 6.45) is -9.72. The Morgan fingerprint density at radius 1 is 0.632 bits per heavy atom. The monoisotopic (exact) mass is 833 g/mol. The van der Waals surface area contributed by atoms with Crippen LogP contribution in [0.1, 0.15) is 51.9 Å². The summed E-state index contributed by atoms with van der Waals surface area (Å²) in [6, 6.07) is 27.8. The Kier molecular flexibility index (Phi) is 12.5. The molecule has 300 valence electrons. The van der Waals surface area contributed by atoms with Gasteiger partial charge in [0.05, 0.1) is 0 Å². The molecule has 2 unspecified atom stereocenters. The summed E-state index contributed by atoms with van der Waals surface area (Å²) >= 11 is 12.4. The highest BCUT2D eigenvalue weighted by atomic mass is 35.5. The zero-order chi connectivity index (χ0) is 42.1. The van der Waals surface area contributed by atoms with E-state index in [1.165, 1.54) is 54.1 Å². The number of carbonyl (C=O) groups is 2. The molecule has 0 amide bonds. The number of carboxylic acid groups (broad SMARTS) is 2. The van der Waals surface area contributed by atoms with Crippen LogP contribution >= 0.6 is 23.2 Å². The third kappa shape index (κ3) is 8.12. The van der Waals surface area contributed by atoms with Gasteiger partial charge in [-0.3, -0.25) is 0 Å². The fourth-order valence-corrected chi connectivity index (χ4v) is 7.83. The predicted molar refractivity (Wildman–Crippen MR) is 203 cm³/mol. The fourth-order valence-electron chi connectivity index (χ4n) is 7.08. The normalized spacial score (nSPS) is 18.1. The number of fused-ring (bicyclic) bond motifs is 6. The summed E-state index contributed by atoms with van der Waals surface area (Å²) in [5, 5.41) is 18.0. The number of alkyl halides is 6. The Morgan fingerprint density at radius 2 is 0.982 bits per heavy atom. The van der Waals surface area contributed by atoms with E-state index in [0.29, 0.717) is 22.3 Å². The van der Waals surface area contributed by atoms with Crippen LogP contribution in [0.4, 0.5) is 26.3 Å². The van der Waals surface area contributed by atoms with Crippen LogP contribution in [-0.4, -0.2) is 47.7 Å². The molecule has 7 rings (SSSR count). The fraction of sp³-hybridized carbons (Fsp3) is 0.238. The molecule has 4 N–H and O–H groups in total. The molecular weight excluding hydrogens is 799 g/mol. The zero-order valence-electron chi connectivity index (χ0n) is 30.4. The largest absolute Gasteiger partial charge is 0.480 e. The van der Waals surface area contributed by atoms with E-state index in [0.717, 1.165) is 0 Å². The van der Waals surface area contributed by atoms with Crippen LogP contribution in [0.25, 0.3) is 22.3 Å². The maximum absolute atomic E-state index is 14.1. The number of aryl methyl sites for hydroxylation is 2. The lowest BCUT2D eigenvalue weighted by molar-refractivity contribution is -0.265. The van der Waals surface area contributed by atoms with Crippen molar-refractivity contribution in [2.24, 2.45) is 5.73 Å². The Morgan fingerprint density at radius 3 is 1.30 bits per heavy atom. The van der Waals surface area contributed by atoms with E-state index < -0.39 is 48.7 Å². The van der Waals surface area contributed by atoms with E-state index in [2.05, 4.69) is 0 Å². The first kappa shape index (κ1) is 43.2. The molecule has 0 aromatic heterocycles. The van der Waals surface area contributed by atoms with Gasteiger partial charge >= 0.3 is 24.3 Å². The van der Waals surface area contributed by atoms with Crippen LogP contribution in [0, 0.1) is 13.8 Å². The second-order valence-electron chi connectivity index (χ2n) is 13.4. The highest BCUT2D eigenvalue weighted by Gasteiger charge is 2.64. The molecule has 0 aliphatic heterocycles. The molecule has 0 spiro atoms. The number of rotatable bonds is 7. The van der Waals surface area contributed by atoms with Gasteiger partial charge in [0.1, 0.15) is 13.2 Å². The van der Waals surface area contributed by atoms with Crippen LogP contribution in [0.15, 0.2) is 103 Å². The standard InChI is InChI=1S/2C17H12ClF3O3.C8H11N/c2*1-9-6-12-15(13(18)7-9)10-4-2-3-5-11(10)16(12,17(19,20)21)24-8-14(22)23;1-7(9)8-5-3-2-4-6-8/h2*2-7H,8H2,1H3,(H,22,23);2-7H,9H2,1H3/t;;7-/m..1/s1. The van der Waals surface area contributed by atoms with Crippen molar-refractivity contribution in [2.75, 3.05) is 13.2 Å². The molecule has 2 aliphatic carbocycles. The minimum Gasteiger partial charge on any atom is -0.480 e. The molecular formula is C42H35Cl2F6NO6. The number of halogens is 8. The van der Waals surface area contributed by atoms with E-state index in [1.807, 2.05) is 37.3 Å². The number of aliphatic carboxylic acids is 2. The molecule has 7 nitrogen and oxygen atoms in total. The molecule has 0 saturated heterocycles. The van der Waals surface area contributed by atoms with Crippen LogP contribution in [0.5, 0.6) is 0 Å². The number of hydrogen-bond acceptors (Lipinski definition) is 5. The van der Waals surface area contributed by atoms with Crippen molar-refractivity contribution in [3.8, 4) is 22.3 Å². The quantitative estimate of drug-likeness (QED) is 0.140. The summed E-state index contributed by atoms with van der Waals surface area (Å²) in [4.78, 5) is 21.7. The van der Waals surface area contributed by atoms with Crippen molar-refractivity contribution in [3.63, 3.8) is 0 Å². The summed E-state index contributed by atoms with van der Waals surface area (Å²) in [7, 11) is 0. The van der Waals surface area contributed by atoms with Gasteiger partial charge in [-0.05, 0) is 60.7 Å². The third-order valence-corrected chi connectivity index (χ3v) is 9.92. The average Bonchev–Trinajstić information content (AvgIpc) is 3.59. The van der Waals surface area contributed by atoms with Crippen molar-refractivity contribution in [3.05, 3.63) is 152 Å². The summed E-state index contributed by atoms with van der Waals surface area (Å²) in [5.74, 6) is -2.97.